The minimum atomic E-state index is -0.881. The smallest absolute Gasteiger partial charge is 0.320 e. The number of likely N-dealkylation sites (N-methyl/N-ethyl adjacent to an activating group) is 1. The van der Waals surface area contributed by atoms with Crippen LogP contribution in [0.4, 0.5) is 0 Å². The molecular formula is C12H17NO4. The van der Waals surface area contributed by atoms with Gasteiger partial charge in [-0.05, 0) is 19.5 Å². The third kappa shape index (κ3) is 3.35. The SMILES string of the molecule is CCC(C(=O)O)N(C)Cc1ccc(O)cc1O. The standard InChI is InChI=1S/C12H17NO4/c1-3-10(12(16)17)13(2)7-8-4-5-9(14)6-11(8)15/h4-6,10,14-15H,3,7H2,1-2H3,(H,16,17). The van der Waals surface area contributed by atoms with Crippen LogP contribution in [0.2, 0.25) is 0 Å². The van der Waals surface area contributed by atoms with Gasteiger partial charge in [0, 0.05) is 18.2 Å². The largest absolute Gasteiger partial charge is 0.508 e. The maximum absolute atomic E-state index is 11.0. The number of aromatic hydroxyl groups is 2. The van der Waals surface area contributed by atoms with Crippen LogP contribution in [0.5, 0.6) is 11.5 Å². The number of benzene rings is 1. The molecule has 0 amide bonds. The number of phenolic OH excluding ortho intramolecular Hbond substituents is 2. The monoisotopic (exact) mass is 239 g/mol. The third-order valence-electron chi connectivity index (χ3n) is 2.69. The number of phenols is 2. The summed E-state index contributed by atoms with van der Waals surface area (Å²) in [5.41, 5.74) is 0.588. The highest BCUT2D eigenvalue weighted by molar-refractivity contribution is 5.73. The first kappa shape index (κ1) is 13.3. The van der Waals surface area contributed by atoms with Crippen LogP contribution < -0.4 is 0 Å². The molecule has 0 saturated heterocycles. The number of rotatable bonds is 5. The lowest BCUT2D eigenvalue weighted by Gasteiger charge is -2.23. The van der Waals surface area contributed by atoms with Gasteiger partial charge in [0.05, 0.1) is 0 Å². The first-order valence-corrected chi connectivity index (χ1v) is 5.39. The van der Waals surface area contributed by atoms with Crippen LogP contribution in [-0.2, 0) is 11.3 Å². The van der Waals surface area contributed by atoms with Crippen LogP contribution in [0.25, 0.3) is 0 Å². The normalized spacial score (nSPS) is 12.6. The number of hydrogen-bond donors (Lipinski definition) is 3. The number of hydrogen-bond acceptors (Lipinski definition) is 4. The van der Waals surface area contributed by atoms with E-state index in [1.54, 1.807) is 24.9 Å². The van der Waals surface area contributed by atoms with Gasteiger partial charge in [0.1, 0.15) is 17.5 Å². The molecule has 1 atom stereocenters. The molecule has 1 rings (SSSR count). The zero-order valence-corrected chi connectivity index (χ0v) is 9.92. The van der Waals surface area contributed by atoms with E-state index in [0.29, 0.717) is 18.5 Å². The molecule has 17 heavy (non-hydrogen) atoms. The van der Waals surface area contributed by atoms with Crippen LogP contribution in [0.1, 0.15) is 18.9 Å². The van der Waals surface area contributed by atoms with Crippen LogP contribution in [-0.4, -0.2) is 39.3 Å². The van der Waals surface area contributed by atoms with Gasteiger partial charge < -0.3 is 15.3 Å². The fourth-order valence-corrected chi connectivity index (χ4v) is 1.74. The second-order valence-electron chi connectivity index (χ2n) is 3.99. The van der Waals surface area contributed by atoms with Crippen LogP contribution >= 0.6 is 0 Å². The van der Waals surface area contributed by atoms with E-state index in [-0.39, 0.29) is 11.5 Å². The minimum absolute atomic E-state index is 0.0146. The molecule has 94 valence electrons. The lowest BCUT2D eigenvalue weighted by atomic mass is 10.1. The molecule has 0 saturated carbocycles. The van der Waals surface area contributed by atoms with E-state index < -0.39 is 12.0 Å². The fourth-order valence-electron chi connectivity index (χ4n) is 1.74. The molecular weight excluding hydrogens is 222 g/mol. The Bertz CT molecular complexity index is 405. The lowest BCUT2D eigenvalue weighted by molar-refractivity contribution is -0.143. The summed E-state index contributed by atoms with van der Waals surface area (Å²) in [6, 6.07) is 3.70. The maximum Gasteiger partial charge on any atom is 0.320 e. The third-order valence-corrected chi connectivity index (χ3v) is 2.69. The van der Waals surface area contributed by atoms with Crippen molar-refractivity contribution in [1.29, 1.82) is 0 Å². The van der Waals surface area contributed by atoms with Crippen molar-refractivity contribution in [3.63, 3.8) is 0 Å². The minimum Gasteiger partial charge on any atom is -0.508 e. The van der Waals surface area contributed by atoms with E-state index in [1.807, 2.05) is 0 Å². The molecule has 0 aromatic heterocycles. The summed E-state index contributed by atoms with van der Waals surface area (Å²) in [7, 11) is 1.69. The van der Waals surface area contributed by atoms with Crippen molar-refractivity contribution in [2.75, 3.05) is 7.05 Å². The summed E-state index contributed by atoms with van der Waals surface area (Å²) < 4.78 is 0. The number of carboxylic acids is 1. The second kappa shape index (κ2) is 5.54. The number of nitrogens with zero attached hydrogens (tertiary/aromatic N) is 1. The van der Waals surface area contributed by atoms with Crippen LogP contribution in [0.15, 0.2) is 18.2 Å². The molecule has 0 aliphatic carbocycles. The molecule has 0 bridgehead atoms. The van der Waals surface area contributed by atoms with Gasteiger partial charge >= 0.3 is 5.97 Å². The molecule has 5 heteroatoms. The van der Waals surface area contributed by atoms with Crippen molar-refractivity contribution in [2.24, 2.45) is 0 Å². The maximum atomic E-state index is 11.0. The zero-order chi connectivity index (χ0) is 13.0. The van der Waals surface area contributed by atoms with Gasteiger partial charge in [0.2, 0.25) is 0 Å². The second-order valence-corrected chi connectivity index (χ2v) is 3.99. The number of aliphatic carboxylic acids is 1. The van der Waals surface area contributed by atoms with Crippen molar-refractivity contribution in [2.45, 2.75) is 25.9 Å². The Balaban J connectivity index is 2.79. The number of carboxylic acid groups (broad SMARTS) is 1. The van der Waals surface area contributed by atoms with Gasteiger partial charge in [-0.2, -0.15) is 0 Å². The highest BCUT2D eigenvalue weighted by Gasteiger charge is 2.21. The van der Waals surface area contributed by atoms with Gasteiger partial charge in [-0.25, -0.2) is 0 Å². The Morgan fingerprint density at radius 3 is 2.53 bits per heavy atom. The summed E-state index contributed by atoms with van der Waals surface area (Å²) >= 11 is 0. The molecule has 1 aromatic rings. The molecule has 3 N–H and O–H groups in total. The van der Waals surface area contributed by atoms with Crippen molar-refractivity contribution in [1.82, 2.24) is 4.90 Å². The van der Waals surface area contributed by atoms with E-state index in [1.165, 1.54) is 12.1 Å². The van der Waals surface area contributed by atoms with Gasteiger partial charge in [-0.3, -0.25) is 9.69 Å². The van der Waals surface area contributed by atoms with E-state index in [4.69, 9.17) is 10.2 Å². The highest BCUT2D eigenvalue weighted by atomic mass is 16.4. The Hall–Kier alpha value is -1.75. The Morgan fingerprint density at radius 1 is 1.41 bits per heavy atom. The van der Waals surface area contributed by atoms with E-state index >= 15 is 0 Å². The summed E-state index contributed by atoms with van der Waals surface area (Å²) in [5, 5.41) is 27.7. The van der Waals surface area contributed by atoms with E-state index in [0.717, 1.165) is 0 Å². The summed E-state index contributed by atoms with van der Waals surface area (Å²) in [4.78, 5) is 12.6. The molecule has 0 aliphatic heterocycles. The summed E-state index contributed by atoms with van der Waals surface area (Å²) in [6.07, 6.45) is 0.491. The average Bonchev–Trinajstić information content (AvgIpc) is 2.22. The summed E-state index contributed by atoms with van der Waals surface area (Å²) in [6.45, 7) is 2.11. The highest BCUT2D eigenvalue weighted by Crippen LogP contribution is 2.24. The molecule has 0 spiro atoms. The van der Waals surface area contributed by atoms with E-state index in [9.17, 15) is 9.90 Å². The topological polar surface area (TPSA) is 81.0 Å². The molecule has 0 aliphatic rings. The lowest BCUT2D eigenvalue weighted by Crippen LogP contribution is -2.37. The van der Waals surface area contributed by atoms with Crippen LogP contribution in [0, 0.1) is 0 Å². The van der Waals surface area contributed by atoms with Crippen molar-refractivity contribution >= 4 is 5.97 Å². The molecule has 1 aromatic carbocycles. The van der Waals surface area contributed by atoms with Gasteiger partial charge in [0.15, 0.2) is 0 Å². The number of carbonyl (C=O) groups is 1. The van der Waals surface area contributed by atoms with Crippen molar-refractivity contribution in [3.8, 4) is 11.5 Å². The molecule has 5 nitrogen and oxygen atoms in total. The van der Waals surface area contributed by atoms with Crippen molar-refractivity contribution < 1.29 is 20.1 Å². The van der Waals surface area contributed by atoms with Gasteiger partial charge in [0.25, 0.3) is 0 Å². The quantitative estimate of drug-likeness (QED) is 0.723. The molecule has 0 radical (unpaired) electrons. The van der Waals surface area contributed by atoms with Crippen molar-refractivity contribution in [3.05, 3.63) is 23.8 Å². The Kier molecular flexibility index (Phi) is 4.34. The van der Waals surface area contributed by atoms with Crippen LogP contribution in [0.3, 0.4) is 0 Å². The Morgan fingerprint density at radius 2 is 2.06 bits per heavy atom. The van der Waals surface area contributed by atoms with Gasteiger partial charge in [-0.15, -0.1) is 0 Å². The first-order valence-electron chi connectivity index (χ1n) is 5.39. The Labute approximate surface area is 99.9 Å². The predicted octanol–water partition coefficient (Wildman–Crippen LogP) is 1.39. The van der Waals surface area contributed by atoms with Gasteiger partial charge in [-0.1, -0.05) is 13.0 Å². The summed E-state index contributed by atoms with van der Waals surface area (Å²) in [5.74, 6) is -0.926. The predicted molar refractivity (Wildman–Crippen MR) is 63.0 cm³/mol. The zero-order valence-electron chi connectivity index (χ0n) is 9.92. The fraction of sp³-hybridized carbons (Fsp3) is 0.417. The average molecular weight is 239 g/mol. The van der Waals surface area contributed by atoms with E-state index in [2.05, 4.69) is 0 Å². The first-order chi connectivity index (χ1) is 7.95. The molecule has 0 fully saturated rings. The molecule has 0 heterocycles. The molecule has 1 unspecified atom stereocenters.